The van der Waals surface area contributed by atoms with Crippen molar-refractivity contribution in [1.29, 1.82) is 0 Å². The van der Waals surface area contributed by atoms with Gasteiger partial charge in [-0.1, -0.05) is 141 Å². The van der Waals surface area contributed by atoms with Gasteiger partial charge in [0.05, 0.1) is 0 Å². The highest BCUT2D eigenvalue weighted by Crippen LogP contribution is 2.46. The summed E-state index contributed by atoms with van der Waals surface area (Å²) in [5.41, 5.74) is 8.75. The Balaban J connectivity index is 1.12. The molecule has 0 spiro atoms. The van der Waals surface area contributed by atoms with Crippen molar-refractivity contribution in [3.8, 4) is 11.1 Å². The van der Waals surface area contributed by atoms with Crippen LogP contribution >= 0.6 is 11.3 Å². The molecule has 1 nitrogen and oxygen atoms in total. The maximum atomic E-state index is 6.70. The summed E-state index contributed by atoms with van der Waals surface area (Å²) in [6.45, 7) is 13.1. The van der Waals surface area contributed by atoms with E-state index in [0.717, 1.165) is 50.5 Å². The first kappa shape index (κ1) is 32.2. The van der Waals surface area contributed by atoms with E-state index in [1.165, 1.54) is 63.8 Å². The van der Waals surface area contributed by atoms with Crippen LogP contribution in [-0.2, 0) is 0 Å². The summed E-state index contributed by atoms with van der Waals surface area (Å²) in [5.74, 6) is 0.0883. The first-order valence-corrected chi connectivity index (χ1v) is 19.3. The standard InChI is InChI=1S/C52H36OS/c1-4-33(30-34(5-2)35-15-7-6-8-16-35)29-32(3)49-37-17-9-11-19-39(37)50(40-20-12-10-18-38(40)49)36-23-27-46-45(31-36)43-25-24-41-42(52(43)53-46)26-28-48-51(41)44-21-13-14-22-47(44)54-48/h4-28,30-31,33H,1-3,29H2/b34-30+. The van der Waals surface area contributed by atoms with Crippen molar-refractivity contribution in [2.75, 3.05) is 0 Å². The molecule has 10 aromatic rings. The molecule has 0 bridgehead atoms. The highest BCUT2D eigenvalue weighted by molar-refractivity contribution is 7.26. The van der Waals surface area contributed by atoms with Crippen molar-refractivity contribution in [2.24, 2.45) is 5.92 Å². The van der Waals surface area contributed by atoms with Gasteiger partial charge in [0.15, 0.2) is 0 Å². The topological polar surface area (TPSA) is 13.1 Å². The molecule has 0 aliphatic rings. The third kappa shape index (κ3) is 5.06. The van der Waals surface area contributed by atoms with Gasteiger partial charge in [0.2, 0.25) is 0 Å². The molecule has 2 heteroatoms. The fourth-order valence-corrected chi connectivity index (χ4v) is 9.70. The Morgan fingerprint density at radius 1 is 0.593 bits per heavy atom. The van der Waals surface area contributed by atoms with Crippen molar-refractivity contribution in [2.45, 2.75) is 6.42 Å². The molecule has 0 aliphatic heterocycles. The van der Waals surface area contributed by atoms with Gasteiger partial charge in [-0.15, -0.1) is 17.9 Å². The molecule has 0 radical (unpaired) electrons. The zero-order valence-electron chi connectivity index (χ0n) is 29.8. The highest BCUT2D eigenvalue weighted by atomic mass is 32.1. The van der Waals surface area contributed by atoms with Crippen molar-refractivity contribution < 1.29 is 4.42 Å². The summed E-state index contributed by atoms with van der Waals surface area (Å²) in [6, 6.07) is 52.4. The van der Waals surface area contributed by atoms with E-state index in [9.17, 15) is 0 Å². The van der Waals surface area contributed by atoms with Crippen LogP contribution in [0.25, 0.3) is 96.7 Å². The molecule has 54 heavy (non-hydrogen) atoms. The molecular formula is C52H36OS. The Bertz CT molecular complexity index is 3130. The molecule has 0 N–H and O–H groups in total. The molecule has 1 atom stereocenters. The molecule has 0 saturated heterocycles. The van der Waals surface area contributed by atoms with Crippen molar-refractivity contribution in [3.05, 3.63) is 195 Å². The molecular weight excluding hydrogens is 673 g/mol. The molecule has 0 aliphatic carbocycles. The van der Waals surface area contributed by atoms with Crippen LogP contribution in [0.2, 0.25) is 0 Å². The second kappa shape index (κ2) is 12.9. The SMILES string of the molecule is C=C/C(=C\C(C=C)CC(=C)c1c2ccccc2c(-c2ccc3oc4c(ccc5c4ccc4sc6ccccc6c45)c3c2)c2ccccc12)c1ccccc1. The first-order chi connectivity index (χ1) is 26.6. The lowest BCUT2D eigenvalue weighted by Gasteiger charge is -2.20. The maximum absolute atomic E-state index is 6.70. The van der Waals surface area contributed by atoms with E-state index >= 15 is 0 Å². The van der Waals surface area contributed by atoms with Crippen LogP contribution in [0.4, 0.5) is 0 Å². The van der Waals surface area contributed by atoms with Crippen LogP contribution < -0.4 is 0 Å². The van der Waals surface area contributed by atoms with Crippen LogP contribution in [0, 0.1) is 5.92 Å². The average Bonchev–Trinajstić information content (AvgIpc) is 3.80. The smallest absolute Gasteiger partial charge is 0.143 e. The number of thiophene rings is 1. The quantitative estimate of drug-likeness (QED) is 0.0870. The third-order valence-corrected chi connectivity index (χ3v) is 12.2. The van der Waals surface area contributed by atoms with E-state index in [-0.39, 0.29) is 5.92 Å². The van der Waals surface area contributed by atoms with E-state index in [0.29, 0.717) is 0 Å². The number of hydrogen-bond donors (Lipinski definition) is 0. The Hall–Kier alpha value is -6.48. The number of benzene rings is 8. The van der Waals surface area contributed by atoms with Crippen LogP contribution in [0.5, 0.6) is 0 Å². The second-order valence-electron chi connectivity index (χ2n) is 14.1. The van der Waals surface area contributed by atoms with Crippen molar-refractivity contribution in [3.63, 3.8) is 0 Å². The predicted molar refractivity (Wildman–Crippen MR) is 237 cm³/mol. The molecule has 10 rings (SSSR count). The predicted octanol–water partition coefficient (Wildman–Crippen LogP) is 15.6. The van der Waals surface area contributed by atoms with Gasteiger partial charge in [0.25, 0.3) is 0 Å². The fraction of sp³-hybridized carbons (Fsp3) is 0.0385. The largest absolute Gasteiger partial charge is 0.455 e. The number of fused-ring (bicyclic) bond motifs is 11. The Kier molecular flexibility index (Phi) is 7.68. The van der Waals surface area contributed by atoms with E-state index in [4.69, 9.17) is 11.0 Å². The first-order valence-electron chi connectivity index (χ1n) is 18.4. The summed E-state index contributed by atoms with van der Waals surface area (Å²) >= 11 is 1.85. The molecule has 1 unspecified atom stereocenters. The normalized spacial score (nSPS) is 12.8. The zero-order valence-corrected chi connectivity index (χ0v) is 30.6. The lowest BCUT2D eigenvalue weighted by atomic mass is 9.83. The average molecular weight is 709 g/mol. The van der Waals surface area contributed by atoms with Gasteiger partial charge in [-0.3, -0.25) is 0 Å². The molecule has 0 amide bonds. The van der Waals surface area contributed by atoms with Gasteiger partial charge in [0.1, 0.15) is 11.2 Å². The lowest BCUT2D eigenvalue weighted by molar-refractivity contribution is 0.673. The van der Waals surface area contributed by atoms with Crippen LogP contribution in [0.15, 0.2) is 188 Å². The minimum atomic E-state index is 0.0883. The molecule has 8 aromatic carbocycles. The number of furan rings is 1. The molecule has 0 fully saturated rings. The van der Waals surface area contributed by atoms with Gasteiger partial charge in [0, 0.05) is 36.3 Å². The molecule has 256 valence electrons. The molecule has 2 heterocycles. The summed E-state index contributed by atoms with van der Waals surface area (Å²) < 4.78 is 9.32. The Morgan fingerprint density at radius 2 is 1.22 bits per heavy atom. The lowest BCUT2D eigenvalue weighted by Crippen LogP contribution is -1.98. The minimum Gasteiger partial charge on any atom is -0.455 e. The van der Waals surface area contributed by atoms with Gasteiger partial charge in [-0.25, -0.2) is 0 Å². The zero-order chi connectivity index (χ0) is 36.3. The molecule has 0 saturated carbocycles. The van der Waals surface area contributed by atoms with Gasteiger partial charge < -0.3 is 4.42 Å². The van der Waals surface area contributed by atoms with Crippen LogP contribution in [0.3, 0.4) is 0 Å². The number of hydrogen-bond acceptors (Lipinski definition) is 2. The summed E-state index contributed by atoms with van der Waals surface area (Å²) in [7, 11) is 0. The highest BCUT2D eigenvalue weighted by Gasteiger charge is 2.20. The third-order valence-electron chi connectivity index (χ3n) is 11.1. The fourth-order valence-electron chi connectivity index (χ4n) is 8.58. The van der Waals surface area contributed by atoms with Crippen LogP contribution in [0.1, 0.15) is 17.5 Å². The monoisotopic (exact) mass is 708 g/mol. The number of rotatable bonds is 8. The minimum absolute atomic E-state index is 0.0883. The van der Waals surface area contributed by atoms with Gasteiger partial charge >= 0.3 is 0 Å². The summed E-state index contributed by atoms with van der Waals surface area (Å²) in [5, 5.41) is 12.1. The molecule has 2 aromatic heterocycles. The van der Waals surface area contributed by atoms with E-state index in [1.807, 2.05) is 29.6 Å². The Morgan fingerprint density at radius 3 is 1.94 bits per heavy atom. The maximum Gasteiger partial charge on any atom is 0.143 e. The summed E-state index contributed by atoms with van der Waals surface area (Å²) in [4.78, 5) is 0. The van der Waals surface area contributed by atoms with Gasteiger partial charge in [-0.05, 0) is 109 Å². The van der Waals surface area contributed by atoms with E-state index in [2.05, 4.69) is 159 Å². The Labute approximate surface area is 318 Å². The van der Waals surface area contributed by atoms with Crippen molar-refractivity contribution >= 4 is 96.9 Å². The van der Waals surface area contributed by atoms with E-state index < -0.39 is 0 Å². The number of allylic oxidation sites excluding steroid dienone is 5. The van der Waals surface area contributed by atoms with Crippen molar-refractivity contribution in [1.82, 2.24) is 0 Å². The summed E-state index contributed by atoms with van der Waals surface area (Å²) in [6.07, 6.45) is 6.96. The second-order valence-corrected chi connectivity index (χ2v) is 15.2. The van der Waals surface area contributed by atoms with Gasteiger partial charge in [-0.2, -0.15) is 0 Å². The van der Waals surface area contributed by atoms with E-state index in [1.54, 1.807) is 0 Å². The van der Waals surface area contributed by atoms with Crippen LogP contribution in [-0.4, -0.2) is 0 Å².